The van der Waals surface area contributed by atoms with Gasteiger partial charge in [0.25, 0.3) is 0 Å². The number of aromatic nitrogens is 2. The van der Waals surface area contributed by atoms with Crippen LogP contribution in [0.5, 0.6) is 0 Å². The third kappa shape index (κ3) is 3.63. The van der Waals surface area contributed by atoms with E-state index in [1.54, 1.807) is 0 Å². The van der Waals surface area contributed by atoms with Crippen molar-refractivity contribution in [3.63, 3.8) is 0 Å². The van der Waals surface area contributed by atoms with Crippen LogP contribution in [0.15, 0.2) is 6.07 Å². The van der Waals surface area contributed by atoms with Crippen LogP contribution < -0.4 is 4.90 Å². The summed E-state index contributed by atoms with van der Waals surface area (Å²) in [5.74, 6) is 2.51. The second-order valence-electron chi connectivity index (χ2n) is 6.75. The second kappa shape index (κ2) is 6.83. The second-order valence-corrected chi connectivity index (χ2v) is 6.75. The molecular formula is C17H26N4O2. The lowest BCUT2D eigenvalue weighted by atomic mass is 10.1. The van der Waals surface area contributed by atoms with Crippen LogP contribution in [0.3, 0.4) is 0 Å². The smallest absolute Gasteiger partial charge is 0.228 e. The predicted octanol–water partition coefficient (Wildman–Crippen LogP) is 1.59. The Kier molecular flexibility index (Phi) is 4.80. The molecule has 0 N–H and O–H groups in total. The summed E-state index contributed by atoms with van der Waals surface area (Å²) in [4.78, 5) is 25.9. The Labute approximate surface area is 137 Å². The molecule has 1 aromatic heterocycles. The third-order valence-electron chi connectivity index (χ3n) is 4.57. The van der Waals surface area contributed by atoms with Crippen LogP contribution >= 0.6 is 0 Å². The van der Waals surface area contributed by atoms with E-state index >= 15 is 0 Å². The summed E-state index contributed by atoms with van der Waals surface area (Å²) in [5, 5.41) is 0. The van der Waals surface area contributed by atoms with Gasteiger partial charge in [-0.05, 0) is 13.3 Å². The molecule has 3 rings (SSSR count). The minimum atomic E-state index is 0.0652. The fraction of sp³-hybridized carbons (Fsp3) is 0.706. The first-order chi connectivity index (χ1) is 11.0. The Bertz CT molecular complexity index is 562. The fourth-order valence-electron chi connectivity index (χ4n) is 3.14. The highest BCUT2D eigenvalue weighted by atomic mass is 16.5. The Balaban J connectivity index is 1.63. The van der Waals surface area contributed by atoms with E-state index in [0.717, 1.165) is 49.9 Å². The number of anilines is 1. The van der Waals surface area contributed by atoms with Gasteiger partial charge in [0.15, 0.2) is 0 Å². The lowest BCUT2D eigenvalue weighted by molar-refractivity contribution is -0.135. The van der Waals surface area contributed by atoms with Crippen molar-refractivity contribution in [3.8, 4) is 0 Å². The molecule has 2 saturated heterocycles. The fourth-order valence-corrected chi connectivity index (χ4v) is 3.14. The van der Waals surface area contributed by atoms with Crippen LogP contribution in [0.1, 0.15) is 37.7 Å². The number of amides is 1. The minimum Gasteiger partial charge on any atom is -0.381 e. The Hall–Kier alpha value is -1.69. The summed E-state index contributed by atoms with van der Waals surface area (Å²) in [7, 11) is 0. The number of piperazine rings is 1. The normalized spacial score (nSPS) is 22.0. The zero-order valence-corrected chi connectivity index (χ0v) is 14.3. The molecule has 0 aliphatic carbocycles. The molecule has 2 aliphatic heterocycles. The van der Waals surface area contributed by atoms with E-state index in [2.05, 4.69) is 23.7 Å². The van der Waals surface area contributed by atoms with E-state index in [-0.39, 0.29) is 11.8 Å². The average molecular weight is 318 g/mol. The van der Waals surface area contributed by atoms with Crippen molar-refractivity contribution in [2.75, 3.05) is 44.3 Å². The summed E-state index contributed by atoms with van der Waals surface area (Å²) >= 11 is 0. The number of carbonyl (C=O) groups is 1. The summed E-state index contributed by atoms with van der Waals surface area (Å²) in [6, 6.07) is 2.04. The Morgan fingerprint density at radius 2 is 2.00 bits per heavy atom. The molecule has 6 heteroatoms. The van der Waals surface area contributed by atoms with E-state index in [1.165, 1.54) is 0 Å². The van der Waals surface area contributed by atoms with Gasteiger partial charge in [0.2, 0.25) is 5.91 Å². The molecule has 3 heterocycles. The maximum Gasteiger partial charge on any atom is 0.228 e. The molecule has 0 aromatic carbocycles. The highest BCUT2D eigenvalue weighted by Gasteiger charge is 2.30. The molecule has 2 aliphatic rings. The first kappa shape index (κ1) is 16.2. The molecule has 0 radical (unpaired) electrons. The van der Waals surface area contributed by atoms with Gasteiger partial charge >= 0.3 is 0 Å². The molecule has 1 amide bonds. The van der Waals surface area contributed by atoms with Crippen LogP contribution in [0.4, 0.5) is 5.82 Å². The molecule has 0 spiro atoms. The molecule has 1 unspecified atom stereocenters. The zero-order valence-electron chi connectivity index (χ0n) is 14.3. The Morgan fingerprint density at radius 1 is 1.26 bits per heavy atom. The van der Waals surface area contributed by atoms with Gasteiger partial charge < -0.3 is 14.5 Å². The van der Waals surface area contributed by atoms with Crippen molar-refractivity contribution >= 4 is 11.7 Å². The quantitative estimate of drug-likeness (QED) is 0.847. The van der Waals surface area contributed by atoms with Gasteiger partial charge in [-0.2, -0.15) is 0 Å². The van der Waals surface area contributed by atoms with Gasteiger partial charge in [0, 0.05) is 50.5 Å². The summed E-state index contributed by atoms with van der Waals surface area (Å²) < 4.78 is 5.33. The van der Waals surface area contributed by atoms with E-state index in [4.69, 9.17) is 9.72 Å². The monoisotopic (exact) mass is 318 g/mol. The molecule has 126 valence electrons. The van der Waals surface area contributed by atoms with Crippen LogP contribution in [-0.4, -0.2) is 60.2 Å². The zero-order chi connectivity index (χ0) is 16.4. The van der Waals surface area contributed by atoms with Crippen LogP contribution in [-0.2, 0) is 9.53 Å². The van der Waals surface area contributed by atoms with Crippen molar-refractivity contribution in [1.29, 1.82) is 0 Å². The number of rotatable bonds is 3. The molecular weight excluding hydrogens is 292 g/mol. The molecule has 6 nitrogen and oxygen atoms in total. The molecule has 1 atom stereocenters. The van der Waals surface area contributed by atoms with Crippen LogP contribution in [0.2, 0.25) is 0 Å². The largest absolute Gasteiger partial charge is 0.381 e. The summed E-state index contributed by atoms with van der Waals surface area (Å²) in [6.07, 6.45) is 0.863. The predicted molar refractivity (Wildman–Crippen MR) is 88.6 cm³/mol. The van der Waals surface area contributed by atoms with E-state index in [9.17, 15) is 4.79 Å². The number of hydrogen-bond donors (Lipinski definition) is 0. The lowest BCUT2D eigenvalue weighted by Crippen LogP contribution is -2.50. The first-order valence-electron chi connectivity index (χ1n) is 8.51. The number of ether oxygens (including phenoxy) is 1. The van der Waals surface area contributed by atoms with Crippen LogP contribution in [0.25, 0.3) is 0 Å². The van der Waals surface area contributed by atoms with Crippen molar-refractivity contribution in [1.82, 2.24) is 14.9 Å². The Morgan fingerprint density at radius 3 is 2.61 bits per heavy atom. The molecule has 0 bridgehead atoms. The van der Waals surface area contributed by atoms with Gasteiger partial charge in [0.1, 0.15) is 11.6 Å². The highest BCUT2D eigenvalue weighted by Crippen LogP contribution is 2.21. The molecule has 23 heavy (non-hydrogen) atoms. The summed E-state index contributed by atoms with van der Waals surface area (Å²) in [5.41, 5.74) is 1.00. The lowest BCUT2D eigenvalue weighted by Gasteiger charge is -2.36. The molecule has 2 fully saturated rings. The van der Waals surface area contributed by atoms with Gasteiger partial charge in [-0.15, -0.1) is 0 Å². The van der Waals surface area contributed by atoms with E-state index in [1.807, 2.05) is 17.9 Å². The first-order valence-corrected chi connectivity index (χ1v) is 8.51. The van der Waals surface area contributed by atoms with Crippen molar-refractivity contribution in [2.24, 2.45) is 5.92 Å². The number of carbonyl (C=O) groups excluding carboxylic acids is 1. The van der Waals surface area contributed by atoms with E-state index in [0.29, 0.717) is 19.1 Å². The summed E-state index contributed by atoms with van der Waals surface area (Å²) in [6.45, 7) is 10.7. The number of hydrogen-bond acceptors (Lipinski definition) is 5. The van der Waals surface area contributed by atoms with Crippen molar-refractivity contribution in [2.45, 2.75) is 33.1 Å². The van der Waals surface area contributed by atoms with Crippen molar-refractivity contribution < 1.29 is 9.53 Å². The minimum absolute atomic E-state index is 0.0652. The number of nitrogens with zero attached hydrogens (tertiary/aromatic N) is 4. The third-order valence-corrected chi connectivity index (χ3v) is 4.57. The topological polar surface area (TPSA) is 58.6 Å². The van der Waals surface area contributed by atoms with E-state index < -0.39 is 0 Å². The van der Waals surface area contributed by atoms with Gasteiger partial charge in [-0.3, -0.25) is 4.79 Å². The van der Waals surface area contributed by atoms with Gasteiger partial charge in [-0.1, -0.05) is 13.8 Å². The number of aryl methyl sites for hydroxylation is 1. The maximum absolute atomic E-state index is 12.4. The SMILES string of the molecule is Cc1cc(N2CCN(C(=O)C3CCOC3)CC2)nc(C(C)C)n1. The standard InChI is InChI=1S/C17H26N4O2/c1-12(2)16-18-13(3)10-15(19-16)20-5-7-21(8-6-20)17(22)14-4-9-23-11-14/h10,12,14H,4-9,11H2,1-3H3. The van der Waals surface area contributed by atoms with Gasteiger partial charge in [0.05, 0.1) is 12.5 Å². The van der Waals surface area contributed by atoms with Crippen LogP contribution in [0, 0.1) is 12.8 Å². The molecule has 0 saturated carbocycles. The van der Waals surface area contributed by atoms with Crippen molar-refractivity contribution in [3.05, 3.63) is 17.6 Å². The highest BCUT2D eigenvalue weighted by molar-refractivity contribution is 5.79. The average Bonchev–Trinajstić information content (AvgIpc) is 3.08. The maximum atomic E-state index is 12.4. The van der Waals surface area contributed by atoms with Gasteiger partial charge in [-0.25, -0.2) is 9.97 Å². The molecule has 1 aromatic rings.